The van der Waals surface area contributed by atoms with Crippen LogP contribution >= 0.6 is 0 Å². The van der Waals surface area contributed by atoms with Crippen molar-refractivity contribution in [1.82, 2.24) is 42.5 Å². The van der Waals surface area contributed by atoms with E-state index in [-0.39, 0.29) is 36.9 Å². The van der Waals surface area contributed by atoms with Crippen molar-refractivity contribution >= 4 is 22.5 Å². The molecule has 8 unspecified atom stereocenters. The van der Waals surface area contributed by atoms with Crippen LogP contribution in [0.3, 0.4) is 0 Å². The predicted octanol–water partition coefficient (Wildman–Crippen LogP) is 2.77. The van der Waals surface area contributed by atoms with Gasteiger partial charge in [0.1, 0.15) is 18.8 Å². The maximum Gasteiger partial charge on any atom is 0.253 e. The average molecular weight is 771 g/mol. The number of anilines is 2. The van der Waals surface area contributed by atoms with Gasteiger partial charge in [0, 0.05) is 37.3 Å². The number of hydrogen-bond acceptors (Lipinski definition) is 14. The zero-order valence-electron chi connectivity index (χ0n) is 31.5. The summed E-state index contributed by atoms with van der Waals surface area (Å²) in [6.45, 7) is 6.80. The summed E-state index contributed by atoms with van der Waals surface area (Å²) in [5.41, 5.74) is 2.90. The Morgan fingerprint density at radius 2 is 1.44 bits per heavy atom. The van der Waals surface area contributed by atoms with Crippen molar-refractivity contribution in [3.8, 4) is 23.0 Å². The Labute approximate surface area is 319 Å². The van der Waals surface area contributed by atoms with E-state index in [1.807, 2.05) is 19.2 Å². The number of benzene rings is 2. The number of rotatable bonds is 10. The normalized spacial score (nSPS) is 30.6. The van der Waals surface area contributed by atoms with Crippen LogP contribution in [0, 0.1) is 11.6 Å². The van der Waals surface area contributed by atoms with Crippen LogP contribution in [-0.4, -0.2) is 96.0 Å². The second kappa shape index (κ2) is 16.7. The third-order valence-corrected chi connectivity index (χ3v) is 10.9. The second-order valence-electron chi connectivity index (χ2n) is 14.9. The predicted molar refractivity (Wildman–Crippen MR) is 205 cm³/mol. The highest BCUT2D eigenvalue weighted by Gasteiger charge is 2.39. The first-order valence-electron chi connectivity index (χ1n) is 19.5. The lowest BCUT2D eigenvalue weighted by molar-refractivity contribution is 0.0331. The molecule has 0 saturated carbocycles. The molecule has 10 N–H and O–H groups in total. The minimum atomic E-state index is -1.37. The fourth-order valence-corrected chi connectivity index (χ4v) is 8.13. The van der Waals surface area contributed by atoms with E-state index in [0.29, 0.717) is 60.1 Å². The molecule has 0 bridgehead atoms. The molecule has 0 aliphatic carbocycles. The number of fused-ring (bicyclic) bond motifs is 2. The number of alkyl halides is 1. The van der Waals surface area contributed by atoms with Gasteiger partial charge in [0.15, 0.2) is 34.6 Å². The topological polar surface area (TPSA) is 157 Å². The molecule has 6 aliphatic rings. The van der Waals surface area contributed by atoms with E-state index >= 15 is 13.2 Å². The van der Waals surface area contributed by atoms with Crippen LogP contribution in [0.1, 0.15) is 57.1 Å². The third-order valence-electron chi connectivity index (χ3n) is 10.9. The third kappa shape index (κ3) is 8.20. The van der Waals surface area contributed by atoms with Crippen molar-refractivity contribution in [1.29, 1.82) is 0 Å². The van der Waals surface area contributed by atoms with Gasteiger partial charge >= 0.3 is 0 Å². The summed E-state index contributed by atoms with van der Waals surface area (Å²) in [5.74, 6) is 0.674. The van der Waals surface area contributed by atoms with Crippen molar-refractivity contribution in [3.05, 3.63) is 47.0 Å². The molecule has 2 aromatic rings. The van der Waals surface area contributed by atoms with Gasteiger partial charge in [-0.15, -0.1) is 0 Å². The Kier molecular flexibility index (Phi) is 11.6. The summed E-state index contributed by atoms with van der Waals surface area (Å²) in [6, 6.07) is 2.78. The Morgan fingerprint density at radius 1 is 0.782 bits per heavy atom. The van der Waals surface area contributed by atoms with Gasteiger partial charge in [-0.25, -0.2) is 13.2 Å². The van der Waals surface area contributed by atoms with Gasteiger partial charge in [-0.3, -0.25) is 26.6 Å². The van der Waals surface area contributed by atoms with Crippen LogP contribution in [0.5, 0.6) is 23.0 Å². The van der Waals surface area contributed by atoms with Gasteiger partial charge in [-0.1, -0.05) is 12.2 Å². The standard InChI is InChI=1S/C38H53F3N10O4/c1-19-14-27(42-3)50-37(46-19)48-24-16-26-35(30(33(24)41)22-7-5-11-44-13-9-22)55-28(54-26)17-45-36-31(39)20(2)47-38(51-36)49-23-15-25-34(53-18-52-25)29(32(23)40)21-6-4-10-43-12-8-21/h8-9,15-16,19-20,27-28,31,36-38,42-51H,4-7,10-14,17-18H2,1-3H3. The fraction of sp³-hybridized carbons (Fsp3) is 0.579. The van der Waals surface area contributed by atoms with Crippen molar-refractivity contribution < 1.29 is 32.1 Å². The van der Waals surface area contributed by atoms with E-state index in [1.54, 1.807) is 19.1 Å². The van der Waals surface area contributed by atoms with Crippen LogP contribution in [0.4, 0.5) is 24.5 Å². The molecule has 0 aromatic heterocycles. The first-order chi connectivity index (χ1) is 26.7. The van der Waals surface area contributed by atoms with E-state index in [0.717, 1.165) is 43.5 Å². The van der Waals surface area contributed by atoms with Gasteiger partial charge in [0.05, 0.1) is 41.4 Å². The van der Waals surface area contributed by atoms with Crippen molar-refractivity contribution in [2.24, 2.45) is 0 Å². The lowest BCUT2D eigenvalue weighted by Gasteiger charge is -2.40. The molecule has 8 atom stereocenters. The second-order valence-corrected chi connectivity index (χ2v) is 14.9. The SMILES string of the molecule is CNC1CC(C)NC(Nc2cc3c(c(C4=CCNCCC4)c2F)OC(CNC2NC(Nc4cc5c(c(C6=CCNCCC6)c4F)OCO5)NC(C)C2F)O3)N1. The van der Waals surface area contributed by atoms with Crippen LogP contribution < -0.4 is 72.1 Å². The largest absolute Gasteiger partial charge is 0.453 e. The van der Waals surface area contributed by atoms with Gasteiger partial charge in [0.2, 0.25) is 6.79 Å². The van der Waals surface area contributed by atoms with Crippen LogP contribution in [0.15, 0.2) is 24.3 Å². The fourth-order valence-electron chi connectivity index (χ4n) is 8.13. The highest BCUT2D eigenvalue weighted by Crippen LogP contribution is 2.47. The summed E-state index contributed by atoms with van der Waals surface area (Å²) in [7, 11) is 1.89. The summed E-state index contributed by atoms with van der Waals surface area (Å²) in [6.07, 6.45) is 3.75. The van der Waals surface area contributed by atoms with Crippen LogP contribution in [0.25, 0.3) is 11.1 Å². The molecule has 6 aliphatic heterocycles. The molecule has 55 heavy (non-hydrogen) atoms. The zero-order valence-corrected chi connectivity index (χ0v) is 31.5. The van der Waals surface area contributed by atoms with Gasteiger partial charge < -0.3 is 45.5 Å². The highest BCUT2D eigenvalue weighted by atomic mass is 19.1. The molecular formula is C38H53F3N10O4. The minimum absolute atomic E-state index is 0.00446. The Hall–Kier alpha value is -3.81. The summed E-state index contributed by atoms with van der Waals surface area (Å²) in [5, 5.41) is 32.8. The highest BCUT2D eigenvalue weighted by molar-refractivity contribution is 5.80. The zero-order chi connectivity index (χ0) is 38.1. The monoisotopic (exact) mass is 770 g/mol. The first kappa shape index (κ1) is 38.1. The van der Waals surface area contributed by atoms with Crippen molar-refractivity contribution in [3.63, 3.8) is 0 Å². The van der Waals surface area contributed by atoms with Gasteiger partial charge in [-0.2, -0.15) is 0 Å². The van der Waals surface area contributed by atoms with Crippen molar-refractivity contribution in [2.45, 2.75) is 95.4 Å². The molecule has 17 heteroatoms. The average Bonchev–Trinajstić information content (AvgIpc) is 3.57. The Bertz CT molecular complexity index is 1780. The molecule has 8 rings (SSSR count). The number of halogens is 3. The van der Waals surface area contributed by atoms with Crippen molar-refractivity contribution in [2.75, 3.05) is 57.2 Å². The lowest BCUT2D eigenvalue weighted by Crippen LogP contribution is -2.70. The maximum absolute atomic E-state index is 16.6. The summed E-state index contributed by atoms with van der Waals surface area (Å²) < 4.78 is 72.6. The van der Waals surface area contributed by atoms with Gasteiger partial charge in [0.25, 0.3) is 6.29 Å². The molecule has 0 spiro atoms. The first-order valence-corrected chi connectivity index (χ1v) is 19.5. The molecule has 0 radical (unpaired) electrons. The molecule has 2 aromatic carbocycles. The summed E-state index contributed by atoms with van der Waals surface area (Å²) >= 11 is 0. The number of allylic oxidation sites excluding steroid dienone is 2. The van der Waals surface area contributed by atoms with E-state index in [1.165, 1.54) is 0 Å². The smallest absolute Gasteiger partial charge is 0.253 e. The maximum atomic E-state index is 16.6. The molecule has 0 amide bonds. The number of hydrogen-bond donors (Lipinski definition) is 10. The molecule has 2 fully saturated rings. The van der Waals surface area contributed by atoms with E-state index < -0.39 is 48.9 Å². The minimum Gasteiger partial charge on any atom is -0.453 e. The van der Waals surface area contributed by atoms with Crippen LogP contribution in [0.2, 0.25) is 0 Å². The molecule has 300 valence electrons. The molecule has 2 saturated heterocycles. The Balaban J connectivity index is 0.979. The van der Waals surface area contributed by atoms with E-state index in [2.05, 4.69) is 60.1 Å². The van der Waals surface area contributed by atoms with E-state index in [4.69, 9.17) is 18.9 Å². The molecular weight excluding hydrogens is 717 g/mol. The Morgan fingerprint density at radius 3 is 2.13 bits per heavy atom. The van der Waals surface area contributed by atoms with Crippen LogP contribution in [-0.2, 0) is 0 Å². The number of nitrogens with one attached hydrogen (secondary N) is 10. The quantitative estimate of drug-likeness (QED) is 0.172. The number of ether oxygens (including phenoxy) is 4. The molecule has 6 heterocycles. The summed E-state index contributed by atoms with van der Waals surface area (Å²) in [4.78, 5) is 0. The lowest BCUT2D eigenvalue weighted by atomic mass is 9.98. The van der Waals surface area contributed by atoms with Gasteiger partial charge in [-0.05, 0) is 77.2 Å². The van der Waals surface area contributed by atoms with E-state index in [9.17, 15) is 0 Å². The molecule has 14 nitrogen and oxygen atoms in total.